The van der Waals surface area contributed by atoms with Crippen molar-refractivity contribution in [2.75, 3.05) is 62.7 Å². The SMILES string of the molecule is CC(=O)N1C[C@@H]1[N+](=O)N1CCN(c2nc(OC[C@@H]3CCCN3C)nc3c2CCN(c2cccc4cccc(C)c24)C3)C[C@@H]1CC#N. The molecule has 0 spiro atoms. The fraction of sp³-hybridized carbons (Fsp3) is 0.529. The fourth-order valence-electron chi connectivity index (χ4n) is 7.45. The number of rotatable bonds is 8. The minimum Gasteiger partial charge on any atom is -0.462 e. The molecule has 1 amide bonds. The van der Waals surface area contributed by atoms with Gasteiger partial charge in [-0.1, -0.05) is 30.3 Å². The smallest absolute Gasteiger partial charge is 0.328 e. The van der Waals surface area contributed by atoms with Crippen LogP contribution in [0.2, 0.25) is 0 Å². The molecular weight excluding hydrogens is 582 g/mol. The van der Waals surface area contributed by atoms with E-state index in [1.165, 1.54) is 33.8 Å². The number of likely N-dealkylation sites (tertiary alicyclic amines) is 1. The number of ether oxygens (including phenoxy) is 1. The zero-order valence-electron chi connectivity index (χ0n) is 26.9. The van der Waals surface area contributed by atoms with Gasteiger partial charge in [0, 0.05) is 49.2 Å². The number of nitroso groups, excluding NO2 is 1. The Kier molecular flexibility index (Phi) is 8.11. The summed E-state index contributed by atoms with van der Waals surface area (Å²) in [5.74, 6) is 0.725. The number of nitrogens with zero attached hydrogens (tertiary/aromatic N) is 9. The minimum atomic E-state index is -0.491. The van der Waals surface area contributed by atoms with Gasteiger partial charge in [-0.2, -0.15) is 15.2 Å². The number of carbonyl (C=O) groups excluding carboxylic acids is 1. The van der Waals surface area contributed by atoms with Gasteiger partial charge in [0.15, 0.2) is 0 Å². The van der Waals surface area contributed by atoms with Crippen LogP contribution in [0, 0.1) is 23.2 Å². The molecule has 5 heterocycles. The molecule has 240 valence electrons. The van der Waals surface area contributed by atoms with Crippen molar-refractivity contribution >= 4 is 28.2 Å². The second-order valence-electron chi connectivity index (χ2n) is 13.0. The molecule has 7 rings (SSSR count). The first-order valence-electron chi connectivity index (χ1n) is 16.4. The van der Waals surface area contributed by atoms with Crippen molar-refractivity contribution in [1.82, 2.24) is 24.8 Å². The number of hydrogen-bond acceptors (Lipinski definition) is 9. The Hall–Kier alpha value is -4.50. The van der Waals surface area contributed by atoms with Gasteiger partial charge < -0.3 is 19.4 Å². The molecule has 3 atom stereocenters. The van der Waals surface area contributed by atoms with Crippen molar-refractivity contribution in [3.8, 4) is 12.1 Å². The monoisotopic (exact) mass is 624 g/mol. The van der Waals surface area contributed by atoms with Crippen LogP contribution in [0.25, 0.3) is 10.8 Å². The predicted octanol–water partition coefficient (Wildman–Crippen LogP) is 3.26. The summed E-state index contributed by atoms with van der Waals surface area (Å²) in [5.41, 5.74) is 4.51. The lowest BCUT2D eigenvalue weighted by atomic mass is 9.99. The molecular formula is C34H42N9O3+. The number of likely N-dealkylation sites (N-methyl/N-ethyl adjacent to an activating group) is 1. The molecule has 3 saturated heterocycles. The molecule has 0 aliphatic carbocycles. The molecule has 3 fully saturated rings. The van der Waals surface area contributed by atoms with Crippen LogP contribution in [0.5, 0.6) is 6.01 Å². The number of benzene rings is 2. The summed E-state index contributed by atoms with van der Waals surface area (Å²) >= 11 is 0. The molecule has 2 aromatic carbocycles. The van der Waals surface area contributed by atoms with Gasteiger partial charge in [-0.05, 0) is 56.8 Å². The van der Waals surface area contributed by atoms with E-state index in [1.807, 2.05) is 0 Å². The van der Waals surface area contributed by atoms with E-state index >= 15 is 0 Å². The average molecular weight is 625 g/mol. The molecule has 46 heavy (non-hydrogen) atoms. The van der Waals surface area contributed by atoms with Crippen LogP contribution in [0.1, 0.15) is 43.0 Å². The standard InChI is InChI=1S/C34H42N9O3/c1-23-7-4-8-25-9-5-11-30(32(23)25)39-16-13-28-29(20-39)36-34(46-22-27-10-6-15-38(27)3)37-33(28)40-17-18-42(26(19-40)12-14-35)43(45)31-21-41(31)24(2)44/h4-5,7-9,11,26-27,31H,6,10,12-13,15-22H2,1-3H3/q+1/t26-,27-,31-,41?/m0/s1. The van der Waals surface area contributed by atoms with Crippen molar-refractivity contribution in [2.45, 2.75) is 64.3 Å². The Morgan fingerprint density at radius 1 is 1.07 bits per heavy atom. The van der Waals surface area contributed by atoms with Crippen molar-refractivity contribution in [2.24, 2.45) is 0 Å². The molecule has 1 aromatic heterocycles. The largest absolute Gasteiger partial charge is 0.462 e. The summed E-state index contributed by atoms with van der Waals surface area (Å²) in [4.78, 5) is 44.5. The summed E-state index contributed by atoms with van der Waals surface area (Å²) in [5, 5.41) is 13.9. The topological polar surface area (TPSA) is 112 Å². The Morgan fingerprint density at radius 2 is 1.89 bits per heavy atom. The number of hydrogen-bond donors (Lipinski definition) is 0. The van der Waals surface area contributed by atoms with Crippen LogP contribution < -0.4 is 14.5 Å². The molecule has 0 saturated carbocycles. The van der Waals surface area contributed by atoms with Crippen LogP contribution in [0.15, 0.2) is 36.4 Å². The number of hydrazine groups is 1. The maximum absolute atomic E-state index is 13.3. The van der Waals surface area contributed by atoms with Crippen LogP contribution in [0.4, 0.5) is 11.5 Å². The van der Waals surface area contributed by atoms with Gasteiger partial charge in [-0.25, -0.2) is 0 Å². The van der Waals surface area contributed by atoms with E-state index in [-0.39, 0.29) is 18.4 Å². The summed E-state index contributed by atoms with van der Waals surface area (Å²) in [6, 6.07) is 15.6. The lowest BCUT2D eigenvalue weighted by Crippen LogP contribution is -2.57. The molecule has 0 bridgehead atoms. The molecule has 0 N–H and O–H groups in total. The van der Waals surface area contributed by atoms with Gasteiger partial charge >= 0.3 is 12.2 Å². The number of anilines is 2. The first-order chi connectivity index (χ1) is 22.3. The quantitative estimate of drug-likeness (QED) is 0.274. The Morgan fingerprint density at radius 3 is 2.63 bits per heavy atom. The van der Waals surface area contributed by atoms with Gasteiger partial charge in [-0.15, -0.1) is 5.01 Å². The summed E-state index contributed by atoms with van der Waals surface area (Å²) < 4.78 is 6.33. The molecule has 4 aliphatic heterocycles. The lowest BCUT2D eigenvalue weighted by molar-refractivity contribution is -0.731. The second kappa shape index (κ2) is 12.4. The van der Waals surface area contributed by atoms with Gasteiger partial charge in [0.1, 0.15) is 29.9 Å². The maximum atomic E-state index is 13.3. The number of aryl methyl sites for hydroxylation is 1. The third-order valence-electron chi connectivity index (χ3n) is 10.1. The van der Waals surface area contributed by atoms with Crippen LogP contribution in [-0.2, 0) is 17.8 Å². The summed E-state index contributed by atoms with van der Waals surface area (Å²) in [7, 11) is 2.13. The van der Waals surface area contributed by atoms with Gasteiger partial charge in [0.05, 0.1) is 36.2 Å². The Balaban J connectivity index is 1.19. The lowest BCUT2D eigenvalue weighted by Gasteiger charge is -2.39. The van der Waals surface area contributed by atoms with E-state index in [0.29, 0.717) is 51.4 Å². The molecule has 4 aliphatic rings. The molecule has 12 heteroatoms. The van der Waals surface area contributed by atoms with Crippen LogP contribution in [0.3, 0.4) is 0 Å². The van der Waals surface area contributed by atoms with Crippen molar-refractivity contribution in [1.29, 1.82) is 5.26 Å². The highest BCUT2D eigenvalue weighted by atomic mass is 16.5. The third kappa shape index (κ3) is 5.68. The first-order valence-corrected chi connectivity index (χ1v) is 16.4. The van der Waals surface area contributed by atoms with Gasteiger partial charge in [-0.3, -0.25) is 9.69 Å². The van der Waals surface area contributed by atoms with E-state index in [9.17, 15) is 15.0 Å². The number of carbonyl (C=O) groups is 1. The first kappa shape index (κ1) is 30.2. The highest BCUT2D eigenvalue weighted by molar-refractivity contribution is 5.97. The molecule has 12 nitrogen and oxygen atoms in total. The Bertz CT molecular complexity index is 1700. The van der Waals surface area contributed by atoms with E-state index in [1.54, 1.807) is 5.01 Å². The average Bonchev–Trinajstić information content (AvgIpc) is 3.77. The van der Waals surface area contributed by atoms with Crippen molar-refractivity contribution < 1.29 is 14.4 Å². The number of amides is 1. The Labute approximate surface area is 269 Å². The fourth-order valence-corrected chi connectivity index (χ4v) is 7.45. The molecule has 0 radical (unpaired) electrons. The highest BCUT2D eigenvalue weighted by Crippen LogP contribution is 2.36. The van der Waals surface area contributed by atoms with Crippen LogP contribution in [-0.4, -0.2) is 107 Å². The van der Waals surface area contributed by atoms with E-state index in [2.05, 4.69) is 71.1 Å². The van der Waals surface area contributed by atoms with E-state index in [4.69, 9.17) is 14.7 Å². The van der Waals surface area contributed by atoms with Gasteiger partial charge in [0.2, 0.25) is 5.91 Å². The maximum Gasteiger partial charge on any atom is 0.328 e. The van der Waals surface area contributed by atoms with E-state index < -0.39 is 6.17 Å². The zero-order chi connectivity index (χ0) is 31.9. The van der Waals surface area contributed by atoms with E-state index in [0.717, 1.165) is 54.3 Å². The zero-order valence-corrected chi connectivity index (χ0v) is 26.9. The number of aromatic nitrogens is 2. The number of nitriles is 1. The minimum absolute atomic E-state index is 0.113. The number of fused-ring (bicyclic) bond motifs is 2. The number of piperazine rings is 1. The van der Waals surface area contributed by atoms with Crippen molar-refractivity contribution in [3.05, 3.63) is 58.1 Å². The predicted molar refractivity (Wildman–Crippen MR) is 174 cm³/mol. The van der Waals surface area contributed by atoms with Crippen molar-refractivity contribution in [3.63, 3.8) is 0 Å². The normalized spacial score (nSPS) is 23.0. The summed E-state index contributed by atoms with van der Waals surface area (Å²) in [6.45, 7) is 8.58. The third-order valence-corrected chi connectivity index (χ3v) is 10.1. The van der Waals surface area contributed by atoms with Gasteiger partial charge in [0.25, 0.3) is 0 Å². The highest BCUT2D eigenvalue weighted by Gasteiger charge is 2.54. The van der Waals surface area contributed by atoms with Crippen LogP contribution >= 0.6 is 0 Å². The second-order valence-corrected chi connectivity index (χ2v) is 13.0. The molecule has 0 unspecified atom stereocenters. The summed E-state index contributed by atoms with van der Waals surface area (Å²) in [6.07, 6.45) is 2.72. The molecule has 3 aromatic rings.